The van der Waals surface area contributed by atoms with Gasteiger partial charge >= 0.3 is 0 Å². The fourth-order valence-corrected chi connectivity index (χ4v) is 1.65. The van der Waals surface area contributed by atoms with E-state index in [0.29, 0.717) is 24.7 Å². The summed E-state index contributed by atoms with van der Waals surface area (Å²) in [6, 6.07) is 5.37. The van der Waals surface area contributed by atoms with Crippen molar-refractivity contribution in [3.05, 3.63) is 18.2 Å². The summed E-state index contributed by atoms with van der Waals surface area (Å²) in [6.07, 6.45) is 0. The van der Waals surface area contributed by atoms with Crippen LogP contribution in [0.15, 0.2) is 18.2 Å². The fourth-order valence-electron chi connectivity index (χ4n) is 1.47. The molecule has 1 aliphatic rings. The molecule has 4 nitrogen and oxygen atoms in total. The number of anilines is 1. The molecular weight excluding hydrogens is 230 g/mol. The number of carbonyl (C=O) groups is 1. The van der Waals surface area contributed by atoms with Gasteiger partial charge in [-0.15, -0.1) is 11.6 Å². The Labute approximate surface area is 98.7 Å². The summed E-state index contributed by atoms with van der Waals surface area (Å²) in [5.74, 6) is 1.18. The first-order valence-electron chi connectivity index (χ1n) is 4.94. The highest BCUT2D eigenvalue weighted by Crippen LogP contribution is 2.33. The number of ether oxygens (including phenoxy) is 2. The lowest BCUT2D eigenvalue weighted by molar-refractivity contribution is -0.116. The Hall–Kier alpha value is -1.42. The van der Waals surface area contributed by atoms with E-state index in [0.717, 1.165) is 5.69 Å². The third kappa shape index (κ3) is 2.07. The molecule has 1 heterocycles. The summed E-state index contributed by atoms with van der Waals surface area (Å²) in [4.78, 5) is 12.9. The zero-order valence-corrected chi connectivity index (χ0v) is 9.66. The smallest absolute Gasteiger partial charge is 0.241 e. The molecule has 16 heavy (non-hydrogen) atoms. The normalized spacial score (nSPS) is 13.4. The van der Waals surface area contributed by atoms with Gasteiger partial charge in [-0.05, 0) is 12.1 Å². The number of nitrogens with zero attached hydrogens (tertiary/aromatic N) is 1. The number of fused-ring (bicyclic) bond motifs is 1. The number of rotatable bonds is 2. The van der Waals surface area contributed by atoms with Gasteiger partial charge in [0, 0.05) is 18.8 Å². The van der Waals surface area contributed by atoms with Crippen molar-refractivity contribution in [2.75, 3.05) is 31.0 Å². The summed E-state index contributed by atoms with van der Waals surface area (Å²) in [5.41, 5.74) is 0.745. The van der Waals surface area contributed by atoms with E-state index in [1.54, 1.807) is 25.2 Å². The van der Waals surface area contributed by atoms with E-state index in [2.05, 4.69) is 0 Å². The summed E-state index contributed by atoms with van der Waals surface area (Å²) in [5, 5.41) is 0. The van der Waals surface area contributed by atoms with Crippen molar-refractivity contribution in [1.82, 2.24) is 0 Å². The van der Waals surface area contributed by atoms with Gasteiger partial charge in [-0.25, -0.2) is 0 Å². The number of hydrogen-bond acceptors (Lipinski definition) is 3. The van der Waals surface area contributed by atoms with Crippen LogP contribution in [0, 0.1) is 0 Å². The summed E-state index contributed by atoms with van der Waals surface area (Å²) in [6.45, 7) is 1.09. The summed E-state index contributed by atoms with van der Waals surface area (Å²) in [7, 11) is 1.68. The Morgan fingerprint density at radius 2 is 2.06 bits per heavy atom. The molecule has 2 rings (SSSR count). The second kappa shape index (κ2) is 4.61. The highest BCUT2D eigenvalue weighted by atomic mass is 35.5. The number of hydrogen-bond donors (Lipinski definition) is 0. The number of amides is 1. The molecule has 1 amide bonds. The van der Waals surface area contributed by atoms with Crippen LogP contribution in [0.1, 0.15) is 0 Å². The Morgan fingerprint density at radius 1 is 1.38 bits per heavy atom. The number of halogens is 1. The molecule has 0 aromatic heterocycles. The maximum atomic E-state index is 11.4. The number of alkyl halides is 1. The van der Waals surface area contributed by atoms with Crippen LogP contribution in [0.3, 0.4) is 0 Å². The number of carbonyl (C=O) groups excluding carboxylic acids is 1. The van der Waals surface area contributed by atoms with Crippen LogP contribution in [-0.2, 0) is 4.79 Å². The van der Waals surface area contributed by atoms with Crippen LogP contribution in [-0.4, -0.2) is 32.0 Å². The zero-order valence-electron chi connectivity index (χ0n) is 8.90. The van der Waals surface area contributed by atoms with Crippen LogP contribution in [0.5, 0.6) is 11.5 Å². The molecule has 1 aromatic carbocycles. The molecule has 1 aliphatic heterocycles. The second-order valence-electron chi connectivity index (χ2n) is 3.41. The average molecular weight is 242 g/mol. The summed E-state index contributed by atoms with van der Waals surface area (Å²) >= 11 is 5.49. The fraction of sp³-hybridized carbons (Fsp3) is 0.364. The minimum atomic E-state index is -0.154. The molecule has 0 radical (unpaired) electrons. The van der Waals surface area contributed by atoms with Crippen LogP contribution >= 0.6 is 11.6 Å². The van der Waals surface area contributed by atoms with Crippen LogP contribution in [0.4, 0.5) is 5.69 Å². The third-order valence-electron chi connectivity index (χ3n) is 2.40. The first-order chi connectivity index (χ1) is 7.72. The van der Waals surface area contributed by atoms with E-state index in [-0.39, 0.29) is 11.8 Å². The van der Waals surface area contributed by atoms with Gasteiger partial charge in [-0.3, -0.25) is 4.79 Å². The highest BCUT2D eigenvalue weighted by molar-refractivity contribution is 6.29. The minimum absolute atomic E-state index is 0.0368. The van der Waals surface area contributed by atoms with Gasteiger partial charge in [0.25, 0.3) is 0 Å². The van der Waals surface area contributed by atoms with Crippen molar-refractivity contribution in [1.29, 1.82) is 0 Å². The van der Waals surface area contributed by atoms with Gasteiger partial charge in [0.1, 0.15) is 19.1 Å². The van der Waals surface area contributed by atoms with Crippen LogP contribution in [0.25, 0.3) is 0 Å². The van der Waals surface area contributed by atoms with Gasteiger partial charge < -0.3 is 14.4 Å². The molecule has 0 fully saturated rings. The lowest BCUT2D eigenvalue weighted by atomic mass is 10.2. The van der Waals surface area contributed by atoms with Crippen LogP contribution < -0.4 is 14.4 Å². The molecule has 0 bridgehead atoms. The van der Waals surface area contributed by atoms with Crippen molar-refractivity contribution in [2.24, 2.45) is 0 Å². The first kappa shape index (κ1) is 11.1. The predicted octanol–water partition coefficient (Wildman–Crippen LogP) is 1.66. The molecule has 0 saturated heterocycles. The van der Waals surface area contributed by atoms with Gasteiger partial charge in [0.15, 0.2) is 11.5 Å². The molecule has 86 valence electrons. The third-order valence-corrected chi connectivity index (χ3v) is 2.63. The standard InChI is InChI=1S/C11H12ClNO3/c1-13(11(14)7-12)8-2-3-9-10(6-8)16-5-4-15-9/h2-3,6H,4-5,7H2,1H3. The van der Waals surface area contributed by atoms with Crippen molar-refractivity contribution >= 4 is 23.2 Å². The maximum Gasteiger partial charge on any atom is 0.241 e. The lowest BCUT2D eigenvalue weighted by Gasteiger charge is -2.21. The topological polar surface area (TPSA) is 38.8 Å². The van der Waals surface area contributed by atoms with E-state index >= 15 is 0 Å². The van der Waals surface area contributed by atoms with Crippen molar-refractivity contribution in [3.63, 3.8) is 0 Å². The van der Waals surface area contributed by atoms with Crippen molar-refractivity contribution in [3.8, 4) is 11.5 Å². The van der Waals surface area contributed by atoms with Gasteiger partial charge in [0.05, 0.1) is 0 Å². The van der Waals surface area contributed by atoms with E-state index in [4.69, 9.17) is 21.1 Å². The monoisotopic (exact) mass is 241 g/mol. The predicted molar refractivity (Wildman–Crippen MR) is 61.6 cm³/mol. The maximum absolute atomic E-state index is 11.4. The van der Waals surface area contributed by atoms with Crippen LogP contribution in [0.2, 0.25) is 0 Å². The second-order valence-corrected chi connectivity index (χ2v) is 3.68. The average Bonchev–Trinajstić information content (AvgIpc) is 2.36. The SMILES string of the molecule is CN(C(=O)CCl)c1ccc2c(c1)OCCO2. The van der Waals surface area contributed by atoms with E-state index in [1.165, 1.54) is 4.90 Å². The molecule has 0 atom stereocenters. The zero-order chi connectivity index (χ0) is 11.5. The Bertz CT molecular complexity index is 408. The first-order valence-corrected chi connectivity index (χ1v) is 5.48. The quantitative estimate of drug-likeness (QED) is 0.740. The molecule has 5 heteroatoms. The van der Waals surface area contributed by atoms with E-state index in [1.807, 2.05) is 0 Å². The highest BCUT2D eigenvalue weighted by Gasteiger charge is 2.15. The Kier molecular flexibility index (Phi) is 3.19. The molecular formula is C11H12ClNO3. The molecule has 1 aromatic rings. The molecule has 0 unspecified atom stereocenters. The molecule has 0 spiro atoms. The van der Waals surface area contributed by atoms with E-state index < -0.39 is 0 Å². The van der Waals surface area contributed by atoms with Crippen molar-refractivity contribution in [2.45, 2.75) is 0 Å². The van der Waals surface area contributed by atoms with Gasteiger partial charge in [-0.1, -0.05) is 0 Å². The van der Waals surface area contributed by atoms with E-state index in [9.17, 15) is 4.79 Å². The minimum Gasteiger partial charge on any atom is -0.486 e. The number of benzene rings is 1. The lowest BCUT2D eigenvalue weighted by Crippen LogP contribution is -2.27. The Morgan fingerprint density at radius 3 is 2.75 bits per heavy atom. The van der Waals surface area contributed by atoms with Crippen molar-refractivity contribution < 1.29 is 14.3 Å². The molecule has 0 aliphatic carbocycles. The summed E-state index contributed by atoms with van der Waals surface area (Å²) < 4.78 is 10.8. The Balaban J connectivity index is 2.26. The van der Waals surface area contributed by atoms with Gasteiger partial charge in [-0.2, -0.15) is 0 Å². The largest absolute Gasteiger partial charge is 0.486 e. The molecule has 0 saturated carbocycles. The van der Waals surface area contributed by atoms with Gasteiger partial charge in [0.2, 0.25) is 5.91 Å². The molecule has 0 N–H and O–H groups in total.